The van der Waals surface area contributed by atoms with E-state index in [-0.39, 0.29) is 0 Å². The van der Waals surface area contributed by atoms with Crippen molar-refractivity contribution in [3.05, 3.63) is 53.9 Å². The molecule has 0 spiro atoms. The van der Waals surface area contributed by atoms with E-state index >= 15 is 0 Å². The molecular weight excluding hydrogens is 207 g/mol. The Hall–Kier alpha value is -1.63. The molecule has 0 aliphatic rings. The molecule has 2 aromatic rings. The Morgan fingerprint density at radius 1 is 1.19 bits per heavy atom. The molecule has 1 aromatic heterocycles. The summed E-state index contributed by atoms with van der Waals surface area (Å²) < 4.78 is 5.03. The average Bonchev–Trinajstić information content (AvgIpc) is 2.80. The lowest BCUT2D eigenvalue weighted by Gasteiger charge is -2.16. The molecule has 1 heterocycles. The molecule has 0 saturated carbocycles. The second kappa shape index (κ2) is 4.93. The zero-order chi connectivity index (χ0) is 11.4. The summed E-state index contributed by atoms with van der Waals surface area (Å²) in [5.41, 5.74) is 1.57. The normalized spacial score (nSPS) is 12.4. The minimum atomic E-state index is -1.82. The third-order valence-corrected chi connectivity index (χ3v) is 2.18. The number of hydrogen-bond donors (Lipinski definition) is 3. The van der Waals surface area contributed by atoms with E-state index in [1.165, 1.54) is 0 Å². The van der Waals surface area contributed by atoms with Gasteiger partial charge >= 0.3 is 7.32 Å². The Morgan fingerprint density at radius 3 is 2.50 bits per heavy atom. The zero-order valence-electron chi connectivity index (χ0n) is 8.45. The highest BCUT2D eigenvalue weighted by atomic mass is 16.6. The van der Waals surface area contributed by atoms with Gasteiger partial charge in [0.15, 0.2) is 0 Å². The van der Waals surface area contributed by atoms with Crippen molar-refractivity contribution in [3.63, 3.8) is 0 Å². The molecule has 3 N–H and O–H groups in total. The van der Waals surface area contributed by atoms with E-state index in [4.69, 9.17) is 14.7 Å². The molecule has 16 heavy (non-hydrogen) atoms. The summed E-state index contributed by atoms with van der Waals surface area (Å²) in [5.74, 6) is 0. The van der Waals surface area contributed by atoms with Crippen molar-refractivity contribution in [2.24, 2.45) is 0 Å². The van der Waals surface area contributed by atoms with Crippen LogP contribution < -0.4 is 0 Å². The molecular formula is C10H11BN2O3. The fraction of sp³-hybridized carbons (Fsp3) is 0.100. The van der Waals surface area contributed by atoms with Crippen molar-refractivity contribution >= 4 is 7.32 Å². The van der Waals surface area contributed by atoms with E-state index in [0.717, 1.165) is 11.1 Å². The van der Waals surface area contributed by atoms with Gasteiger partial charge in [-0.15, -0.1) is 0 Å². The summed E-state index contributed by atoms with van der Waals surface area (Å²) in [6.45, 7) is 0. The minimum absolute atomic E-state index is 0.542. The molecule has 0 aliphatic carbocycles. The van der Waals surface area contributed by atoms with Gasteiger partial charge in [-0.05, 0) is 5.56 Å². The molecule has 0 fully saturated rings. The van der Waals surface area contributed by atoms with Crippen LogP contribution in [-0.4, -0.2) is 27.6 Å². The van der Waals surface area contributed by atoms with Crippen LogP contribution in [0.15, 0.2) is 42.7 Å². The van der Waals surface area contributed by atoms with Crippen molar-refractivity contribution in [3.8, 4) is 0 Å². The van der Waals surface area contributed by atoms with Gasteiger partial charge in [-0.1, -0.05) is 30.3 Å². The fourth-order valence-electron chi connectivity index (χ4n) is 1.50. The van der Waals surface area contributed by atoms with Gasteiger partial charge in [0.25, 0.3) is 0 Å². The number of aromatic amines is 1. The van der Waals surface area contributed by atoms with Crippen LogP contribution in [0.5, 0.6) is 0 Å². The summed E-state index contributed by atoms with van der Waals surface area (Å²) in [4.78, 5) is 0. The first-order valence-electron chi connectivity index (χ1n) is 4.82. The maximum atomic E-state index is 8.89. The molecule has 1 aromatic carbocycles. The van der Waals surface area contributed by atoms with E-state index in [2.05, 4.69) is 10.2 Å². The highest BCUT2D eigenvalue weighted by molar-refractivity contribution is 6.32. The number of nitrogens with one attached hydrogen (secondary N) is 1. The molecule has 6 heteroatoms. The molecule has 0 saturated heterocycles. The largest absolute Gasteiger partial charge is 0.634 e. The SMILES string of the molecule is OB(O)OC(c1ccccc1)c1cn[nH]c1. The second-order valence-corrected chi connectivity index (χ2v) is 3.28. The zero-order valence-corrected chi connectivity index (χ0v) is 8.45. The summed E-state index contributed by atoms with van der Waals surface area (Å²) in [6, 6.07) is 9.29. The third-order valence-electron chi connectivity index (χ3n) is 2.18. The number of H-pyrrole nitrogens is 1. The van der Waals surface area contributed by atoms with Crippen LogP contribution in [0.1, 0.15) is 17.2 Å². The van der Waals surface area contributed by atoms with Crippen LogP contribution in [0.4, 0.5) is 0 Å². The standard InChI is InChI=1S/C10H11BN2O3/c14-11(15)16-10(9-6-12-13-7-9)8-4-2-1-3-5-8/h1-7,10,14-15H,(H,12,13). The first kappa shape index (κ1) is 10.9. The van der Waals surface area contributed by atoms with E-state index in [1.54, 1.807) is 12.4 Å². The average molecular weight is 218 g/mol. The lowest BCUT2D eigenvalue weighted by atomic mass is 10.0. The number of aromatic nitrogens is 2. The third kappa shape index (κ3) is 2.49. The fourth-order valence-corrected chi connectivity index (χ4v) is 1.50. The number of nitrogens with zero attached hydrogens (tertiary/aromatic N) is 1. The van der Waals surface area contributed by atoms with Crippen molar-refractivity contribution < 1.29 is 14.7 Å². The van der Waals surface area contributed by atoms with Crippen molar-refractivity contribution in [2.75, 3.05) is 0 Å². The first-order valence-corrected chi connectivity index (χ1v) is 4.82. The number of rotatable bonds is 4. The van der Waals surface area contributed by atoms with Crippen LogP contribution in [0.2, 0.25) is 0 Å². The summed E-state index contributed by atoms with van der Waals surface area (Å²) in [5, 5.41) is 24.2. The Morgan fingerprint density at radius 2 is 1.94 bits per heavy atom. The van der Waals surface area contributed by atoms with Crippen LogP contribution in [0.25, 0.3) is 0 Å². The molecule has 2 rings (SSSR count). The predicted molar refractivity (Wildman–Crippen MR) is 58.1 cm³/mol. The van der Waals surface area contributed by atoms with Crippen molar-refractivity contribution in [1.82, 2.24) is 10.2 Å². The van der Waals surface area contributed by atoms with Gasteiger partial charge < -0.3 is 14.7 Å². The Bertz CT molecular complexity index is 419. The maximum absolute atomic E-state index is 8.89. The van der Waals surface area contributed by atoms with Crippen molar-refractivity contribution in [2.45, 2.75) is 6.10 Å². The van der Waals surface area contributed by atoms with E-state index in [1.807, 2.05) is 30.3 Å². The molecule has 0 bridgehead atoms. The van der Waals surface area contributed by atoms with E-state index in [9.17, 15) is 0 Å². The van der Waals surface area contributed by atoms with Gasteiger partial charge in [0.1, 0.15) is 0 Å². The highest BCUT2D eigenvalue weighted by Crippen LogP contribution is 2.24. The van der Waals surface area contributed by atoms with E-state index < -0.39 is 13.4 Å². The van der Waals surface area contributed by atoms with Gasteiger partial charge in [0.05, 0.1) is 12.3 Å². The van der Waals surface area contributed by atoms with Crippen LogP contribution in [0, 0.1) is 0 Å². The molecule has 0 aliphatic heterocycles. The molecule has 5 nitrogen and oxygen atoms in total. The smallest absolute Gasteiger partial charge is 0.402 e. The number of hydrogen-bond acceptors (Lipinski definition) is 4. The van der Waals surface area contributed by atoms with Gasteiger partial charge in [-0.2, -0.15) is 5.10 Å². The second-order valence-electron chi connectivity index (χ2n) is 3.28. The van der Waals surface area contributed by atoms with Gasteiger partial charge in [-0.3, -0.25) is 5.10 Å². The van der Waals surface area contributed by atoms with Gasteiger partial charge in [0.2, 0.25) is 0 Å². The maximum Gasteiger partial charge on any atom is 0.634 e. The number of benzene rings is 1. The Labute approximate surface area is 92.9 Å². The molecule has 1 atom stereocenters. The monoisotopic (exact) mass is 218 g/mol. The lowest BCUT2D eigenvalue weighted by Crippen LogP contribution is -2.21. The van der Waals surface area contributed by atoms with Crippen LogP contribution >= 0.6 is 0 Å². The van der Waals surface area contributed by atoms with Gasteiger partial charge in [-0.25, -0.2) is 0 Å². The molecule has 82 valence electrons. The quantitative estimate of drug-likeness (QED) is 0.652. The molecule has 0 amide bonds. The van der Waals surface area contributed by atoms with Crippen LogP contribution in [0.3, 0.4) is 0 Å². The lowest BCUT2D eigenvalue weighted by molar-refractivity contribution is 0.143. The summed E-state index contributed by atoms with van der Waals surface area (Å²) in [7, 11) is -1.82. The molecule has 0 radical (unpaired) electrons. The summed E-state index contributed by atoms with van der Waals surface area (Å²) >= 11 is 0. The first-order chi connectivity index (χ1) is 7.77. The topological polar surface area (TPSA) is 78.4 Å². The van der Waals surface area contributed by atoms with Gasteiger partial charge in [0, 0.05) is 11.8 Å². The van der Waals surface area contributed by atoms with Crippen LogP contribution in [-0.2, 0) is 4.65 Å². The summed E-state index contributed by atoms with van der Waals surface area (Å²) in [6.07, 6.45) is 2.69. The Kier molecular flexibility index (Phi) is 3.35. The Balaban J connectivity index is 2.29. The molecule has 1 unspecified atom stereocenters. The van der Waals surface area contributed by atoms with E-state index in [0.29, 0.717) is 0 Å². The van der Waals surface area contributed by atoms with Crippen molar-refractivity contribution in [1.29, 1.82) is 0 Å². The highest BCUT2D eigenvalue weighted by Gasteiger charge is 2.22. The predicted octanol–water partition coefficient (Wildman–Crippen LogP) is 0.485. The minimum Gasteiger partial charge on any atom is -0.402 e.